The number of rotatable bonds is 10. The first kappa shape index (κ1) is 28.3. The number of carbonyl (C=O) groups excluding carboxylic acids is 1. The Morgan fingerprint density at radius 2 is 1.88 bits per heavy atom. The fraction of sp³-hybridized carbons (Fsp3) is 0.419. The summed E-state index contributed by atoms with van der Waals surface area (Å²) < 4.78 is 43.0. The molecule has 5 rings (SSSR count). The Labute approximate surface area is 233 Å². The van der Waals surface area contributed by atoms with Gasteiger partial charge in [-0.25, -0.2) is 13.2 Å². The molecule has 3 aromatic rings. The number of pyridine rings is 1. The van der Waals surface area contributed by atoms with E-state index >= 15 is 0 Å². The van der Waals surface area contributed by atoms with Crippen molar-refractivity contribution in [2.24, 2.45) is 5.73 Å². The molecule has 40 heavy (non-hydrogen) atoms. The normalized spacial score (nSPS) is 19.3. The molecule has 1 aromatic heterocycles. The predicted octanol–water partition coefficient (Wildman–Crippen LogP) is 4.66. The number of carbonyl (C=O) groups is 1. The highest BCUT2D eigenvalue weighted by atomic mass is 19.1. The van der Waals surface area contributed by atoms with E-state index in [4.69, 9.17) is 5.73 Å². The maximum absolute atomic E-state index is 15.0. The molecule has 1 aliphatic heterocycles. The van der Waals surface area contributed by atoms with Gasteiger partial charge in [0.05, 0.1) is 24.1 Å². The van der Waals surface area contributed by atoms with Gasteiger partial charge in [0.25, 0.3) is 0 Å². The van der Waals surface area contributed by atoms with Crippen molar-refractivity contribution in [3.05, 3.63) is 94.6 Å². The number of aromatic nitrogens is 1. The van der Waals surface area contributed by atoms with E-state index in [0.717, 1.165) is 38.7 Å². The molecule has 2 aliphatic rings. The van der Waals surface area contributed by atoms with Crippen molar-refractivity contribution in [1.29, 1.82) is 0 Å². The van der Waals surface area contributed by atoms with Gasteiger partial charge in [-0.1, -0.05) is 18.2 Å². The lowest BCUT2D eigenvalue weighted by atomic mass is 9.84. The van der Waals surface area contributed by atoms with E-state index in [0.29, 0.717) is 40.8 Å². The highest BCUT2D eigenvalue weighted by Gasteiger charge is 2.35. The van der Waals surface area contributed by atoms with Gasteiger partial charge < -0.3 is 16.4 Å². The summed E-state index contributed by atoms with van der Waals surface area (Å²) in [4.78, 5) is 20.0. The van der Waals surface area contributed by atoms with E-state index in [1.807, 2.05) is 0 Å². The molecule has 0 radical (unpaired) electrons. The molecule has 212 valence electrons. The number of piperazine rings is 1. The second-order valence-corrected chi connectivity index (χ2v) is 11.0. The van der Waals surface area contributed by atoms with Crippen molar-refractivity contribution in [3.8, 4) is 0 Å². The van der Waals surface area contributed by atoms with E-state index in [2.05, 4.69) is 20.5 Å². The van der Waals surface area contributed by atoms with Gasteiger partial charge in [0.1, 0.15) is 17.5 Å². The number of benzene rings is 2. The fourth-order valence-electron chi connectivity index (χ4n) is 5.86. The van der Waals surface area contributed by atoms with Crippen molar-refractivity contribution < 1.29 is 18.0 Å². The SMILES string of the molecule is Cc1cc(F)cc([C@H](c2ccc(F)cc2)[C@H](N)C(=O)Nc2cncc(F)c2CCC[C@H]2CNCCN2C2CC2)c1. The minimum absolute atomic E-state index is 0.273. The standard InChI is InChI=1S/C31H36F3N5O/c1-19-13-21(15-23(33)14-19)29(20-5-7-22(32)8-6-20)30(35)31(40)38-28-18-37-17-27(34)26(28)4-2-3-25-16-36-11-12-39(25)24-9-10-24/h5-8,13-15,17-18,24-25,29-30,36H,2-4,9-12,16,35H2,1H3,(H,38,40)/t25-,29-,30-/m0/s1. The molecule has 1 amide bonds. The maximum Gasteiger partial charge on any atom is 0.242 e. The van der Waals surface area contributed by atoms with Gasteiger partial charge in [-0.15, -0.1) is 0 Å². The molecule has 6 nitrogen and oxygen atoms in total. The summed E-state index contributed by atoms with van der Waals surface area (Å²) in [6.45, 7) is 4.71. The molecule has 0 bridgehead atoms. The van der Waals surface area contributed by atoms with Crippen LogP contribution in [0, 0.1) is 24.4 Å². The Kier molecular flexibility index (Phi) is 8.83. The topological polar surface area (TPSA) is 83.3 Å². The van der Waals surface area contributed by atoms with Crippen LogP contribution in [0.1, 0.15) is 53.9 Å². The average Bonchev–Trinajstić information content (AvgIpc) is 3.77. The lowest BCUT2D eigenvalue weighted by molar-refractivity contribution is -0.117. The van der Waals surface area contributed by atoms with Crippen LogP contribution in [0.25, 0.3) is 0 Å². The first-order chi connectivity index (χ1) is 19.3. The monoisotopic (exact) mass is 551 g/mol. The van der Waals surface area contributed by atoms with Crippen LogP contribution in [-0.4, -0.2) is 53.6 Å². The number of hydrogen-bond donors (Lipinski definition) is 3. The predicted molar refractivity (Wildman–Crippen MR) is 150 cm³/mol. The number of nitrogens with zero attached hydrogens (tertiary/aromatic N) is 2. The summed E-state index contributed by atoms with van der Waals surface area (Å²) >= 11 is 0. The van der Waals surface area contributed by atoms with Crippen LogP contribution in [-0.2, 0) is 11.2 Å². The third-order valence-electron chi connectivity index (χ3n) is 7.95. The number of halogens is 3. The first-order valence-electron chi connectivity index (χ1n) is 14.0. The third kappa shape index (κ3) is 6.71. The second kappa shape index (κ2) is 12.5. The van der Waals surface area contributed by atoms with E-state index in [9.17, 15) is 18.0 Å². The summed E-state index contributed by atoms with van der Waals surface area (Å²) in [5, 5.41) is 6.24. The molecule has 3 atom stereocenters. The molecule has 1 saturated heterocycles. The van der Waals surface area contributed by atoms with E-state index in [1.54, 1.807) is 13.0 Å². The van der Waals surface area contributed by atoms with Gasteiger partial charge in [-0.2, -0.15) is 0 Å². The Hall–Kier alpha value is -3.27. The van der Waals surface area contributed by atoms with Crippen LogP contribution in [0.5, 0.6) is 0 Å². The van der Waals surface area contributed by atoms with Crippen LogP contribution in [0.3, 0.4) is 0 Å². The maximum atomic E-state index is 15.0. The first-order valence-corrected chi connectivity index (χ1v) is 14.0. The fourth-order valence-corrected chi connectivity index (χ4v) is 5.86. The summed E-state index contributed by atoms with van der Waals surface area (Å²) in [5.74, 6) is -2.70. The molecule has 2 aromatic carbocycles. The number of amides is 1. The Morgan fingerprint density at radius 1 is 1.10 bits per heavy atom. The average molecular weight is 552 g/mol. The van der Waals surface area contributed by atoms with Crippen molar-refractivity contribution in [3.63, 3.8) is 0 Å². The molecule has 0 unspecified atom stereocenters. The van der Waals surface area contributed by atoms with Gasteiger partial charge in [-0.3, -0.25) is 14.7 Å². The van der Waals surface area contributed by atoms with Crippen LogP contribution < -0.4 is 16.4 Å². The van der Waals surface area contributed by atoms with Gasteiger partial charge in [0, 0.05) is 43.2 Å². The molecule has 9 heteroatoms. The van der Waals surface area contributed by atoms with Crippen LogP contribution >= 0.6 is 0 Å². The van der Waals surface area contributed by atoms with Gasteiger partial charge in [0.15, 0.2) is 0 Å². The molecule has 0 spiro atoms. The molecular weight excluding hydrogens is 515 g/mol. The number of nitrogens with two attached hydrogens (primary N) is 1. The number of nitrogens with one attached hydrogen (secondary N) is 2. The Morgan fingerprint density at radius 3 is 2.60 bits per heavy atom. The van der Waals surface area contributed by atoms with E-state index in [-0.39, 0.29) is 5.69 Å². The molecular formula is C31H36F3N5O. The minimum atomic E-state index is -1.16. The van der Waals surface area contributed by atoms with Gasteiger partial charge in [-0.05, 0) is 80.0 Å². The zero-order valence-corrected chi connectivity index (χ0v) is 22.7. The van der Waals surface area contributed by atoms with Crippen molar-refractivity contribution >= 4 is 11.6 Å². The lowest BCUT2D eigenvalue weighted by Crippen LogP contribution is -2.52. The molecule has 1 aliphatic carbocycles. The lowest BCUT2D eigenvalue weighted by Gasteiger charge is -2.36. The largest absolute Gasteiger partial charge is 0.323 e. The molecule has 4 N–H and O–H groups in total. The van der Waals surface area contributed by atoms with Crippen LogP contribution in [0.4, 0.5) is 18.9 Å². The number of hydrogen-bond acceptors (Lipinski definition) is 5. The highest BCUT2D eigenvalue weighted by molar-refractivity contribution is 5.96. The second-order valence-electron chi connectivity index (χ2n) is 11.0. The Balaban J connectivity index is 1.32. The number of aryl methyl sites for hydroxylation is 1. The third-order valence-corrected chi connectivity index (χ3v) is 7.95. The van der Waals surface area contributed by atoms with E-state index < -0.39 is 35.3 Å². The minimum Gasteiger partial charge on any atom is -0.323 e. The zero-order valence-electron chi connectivity index (χ0n) is 22.7. The molecule has 1 saturated carbocycles. The molecule has 2 heterocycles. The van der Waals surface area contributed by atoms with Crippen molar-refractivity contribution in [2.45, 2.75) is 63.1 Å². The summed E-state index contributed by atoms with van der Waals surface area (Å²) in [6, 6.07) is 10.0. The van der Waals surface area contributed by atoms with Crippen molar-refractivity contribution in [1.82, 2.24) is 15.2 Å². The van der Waals surface area contributed by atoms with E-state index in [1.165, 1.54) is 55.4 Å². The van der Waals surface area contributed by atoms with Crippen LogP contribution in [0.15, 0.2) is 54.9 Å². The van der Waals surface area contributed by atoms with Crippen molar-refractivity contribution in [2.75, 3.05) is 25.0 Å². The smallest absolute Gasteiger partial charge is 0.242 e. The van der Waals surface area contributed by atoms with Gasteiger partial charge in [0.2, 0.25) is 5.91 Å². The number of anilines is 1. The zero-order chi connectivity index (χ0) is 28.2. The highest BCUT2D eigenvalue weighted by Crippen LogP contribution is 2.32. The molecule has 2 fully saturated rings. The summed E-state index contributed by atoms with van der Waals surface area (Å²) in [5.41, 5.74) is 8.87. The van der Waals surface area contributed by atoms with Crippen LogP contribution in [0.2, 0.25) is 0 Å². The summed E-state index contributed by atoms with van der Waals surface area (Å²) in [7, 11) is 0. The summed E-state index contributed by atoms with van der Waals surface area (Å²) in [6.07, 6.45) is 7.20. The quantitative estimate of drug-likeness (QED) is 0.341. The van der Waals surface area contributed by atoms with Gasteiger partial charge >= 0.3 is 0 Å². The Bertz CT molecular complexity index is 1310.